The van der Waals surface area contributed by atoms with Gasteiger partial charge in [0, 0.05) is 0 Å². The van der Waals surface area contributed by atoms with Gasteiger partial charge in [-0.25, -0.2) is 5.32 Å². The summed E-state index contributed by atoms with van der Waals surface area (Å²) in [5, 5.41) is 43.7. The van der Waals surface area contributed by atoms with E-state index in [0.717, 1.165) is 0 Å². The summed E-state index contributed by atoms with van der Waals surface area (Å²) in [7, 11) is 0. The molecule has 0 aromatic carbocycles. The van der Waals surface area contributed by atoms with Crippen molar-refractivity contribution in [1.82, 2.24) is 5.32 Å². The number of nitro groups is 4. The fraction of sp³-hybridized carbons (Fsp3) is 0.667. The molecule has 0 aliphatic carbocycles. The summed E-state index contributed by atoms with van der Waals surface area (Å²) in [6.07, 6.45) is 0.192. The molecule has 0 aromatic heterocycles. The summed E-state index contributed by atoms with van der Waals surface area (Å²) in [5.41, 5.74) is 0. The monoisotopic (exact) mass is 250 g/mol. The topological polar surface area (TPSA) is 197 Å². The molecule has 92 valence electrons. The lowest BCUT2D eigenvalue weighted by Gasteiger charge is -2.14. The molecule has 0 bridgehead atoms. The van der Waals surface area contributed by atoms with Crippen LogP contribution in [0.5, 0.6) is 0 Å². The lowest BCUT2D eigenvalue weighted by molar-refractivity contribution is -0.936. The van der Waals surface area contributed by atoms with Gasteiger partial charge in [-0.05, 0) is 0 Å². The minimum absolute atomic E-state index is 0.192. The predicted octanol–water partition coefficient (Wildman–Crippen LogP) is -1.97. The molecule has 0 unspecified atom stereocenters. The number of nitrogens with zero attached hydrogens (tertiary/aromatic N) is 5. The maximum atomic E-state index is 10.6. The quantitative estimate of drug-likeness (QED) is 0.334. The van der Waals surface area contributed by atoms with Gasteiger partial charge in [0.25, 0.3) is 0 Å². The van der Waals surface area contributed by atoms with Crippen LogP contribution >= 0.6 is 0 Å². The van der Waals surface area contributed by atoms with E-state index >= 15 is 0 Å². The van der Waals surface area contributed by atoms with Crippen molar-refractivity contribution >= 4 is 6.34 Å². The molecule has 0 atom stereocenters. The molecule has 14 nitrogen and oxygen atoms in total. The molecule has 1 aliphatic rings. The molecule has 1 heterocycles. The second-order valence-corrected chi connectivity index (χ2v) is 2.74. The van der Waals surface area contributed by atoms with E-state index in [2.05, 4.69) is 4.99 Å². The van der Waals surface area contributed by atoms with E-state index in [-0.39, 0.29) is 6.34 Å². The van der Waals surface area contributed by atoms with Crippen LogP contribution in [0, 0.1) is 40.5 Å². The van der Waals surface area contributed by atoms with Crippen LogP contribution in [0.25, 0.3) is 0 Å². The Bertz CT molecular complexity index is 426. The summed E-state index contributed by atoms with van der Waals surface area (Å²) in [4.78, 5) is 37.9. The van der Waals surface area contributed by atoms with Crippen molar-refractivity contribution in [3.8, 4) is 0 Å². The lowest BCUT2D eigenvalue weighted by Crippen LogP contribution is -2.73. The Labute approximate surface area is 89.5 Å². The van der Waals surface area contributed by atoms with Crippen LogP contribution in [0.1, 0.15) is 0 Å². The second-order valence-electron chi connectivity index (χ2n) is 2.74. The van der Waals surface area contributed by atoms with Gasteiger partial charge in [0.1, 0.15) is 26.0 Å². The van der Waals surface area contributed by atoms with Crippen LogP contribution < -0.4 is 5.32 Å². The molecule has 1 rings (SSSR count). The Hall–Kier alpha value is -2.93. The van der Waals surface area contributed by atoms with Gasteiger partial charge < -0.3 is 0 Å². The molecular formula is C3H2N6O8. The number of hydrogen-bond donors (Lipinski definition) is 1. The largest absolute Gasteiger partial charge is 0.728 e. The first-order chi connectivity index (χ1) is 7.73. The summed E-state index contributed by atoms with van der Waals surface area (Å²) < 4.78 is 0. The molecule has 0 fully saturated rings. The molecule has 0 saturated heterocycles. The maximum absolute atomic E-state index is 10.6. The summed E-state index contributed by atoms with van der Waals surface area (Å²) in [5.74, 6) is -7.82. The standard InChI is InChI=1S/C3H2N6O8/c10-6(11)2(7(12)13)3(8(14)15,9(16)17)5-1-4-2/h1H,(H,4,5). The third kappa shape index (κ3) is 1.11. The van der Waals surface area contributed by atoms with E-state index in [1.165, 1.54) is 5.32 Å². The van der Waals surface area contributed by atoms with Gasteiger partial charge in [0.2, 0.25) is 0 Å². The second kappa shape index (κ2) is 3.29. The van der Waals surface area contributed by atoms with Crippen molar-refractivity contribution in [3.05, 3.63) is 40.5 Å². The molecule has 0 spiro atoms. The van der Waals surface area contributed by atoms with Crippen LogP contribution in [0.3, 0.4) is 0 Å². The van der Waals surface area contributed by atoms with Crippen molar-refractivity contribution < 1.29 is 19.7 Å². The normalized spacial score (nSPS) is 19.3. The average molecular weight is 250 g/mol. The number of aliphatic imine (C=N–C) groups is 1. The van der Waals surface area contributed by atoms with Gasteiger partial charge in [-0.2, -0.15) is 0 Å². The van der Waals surface area contributed by atoms with Crippen LogP contribution in [-0.2, 0) is 0 Å². The third-order valence-corrected chi connectivity index (χ3v) is 2.02. The van der Waals surface area contributed by atoms with Gasteiger partial charge in [0.15, 0.2) is 0 Å². The van der Waals surface area contributed by atoms with Crippen molar-refractivity contribution in [2.45, 2.75) is 11.6 Å². The van der Waals surface area contributed by atoms with Gasteiger partial charge in [-0.15, -0.1) is 4.99 Å². The highest BCUT2D eigenvalue weighted by Crippen LogP contribution is 2.32. The Morgan fingerprint density at radius 3 is 1.53 bits per heavy atom. The van der Waals surface area contributed by atoms with E-state index in [1.54, 1.807) is 0 Å². The fourth-order valence-corrected chi connectivity index (χ4v) is 1.23. The van der Waals surface area contributed by atoms with E-state index in [4.69, 9.17) is 0 Å². The molecule has 0 radical (unpaired) electrons. The Kier molecular flexibility index (Phi) is 2.35. The molecule has 1 aliphatic heterocycles. The first-order valence-corrected chi connectivity index (χ1v) is 3.63. The minimum Gasteiger partial charge on any atom is -0.256 e. The highest BCUT2D eigenvalue weighted by molar-refractivity contribution is 5.58. The van der Waals surface area contributed by atoms with Crippen molar-refractivity contribution in [3.63, 3.8) is 0 Å². The zero-order valence-electron chi connectivity index (χ0n) is 7.58. The summed E-state index contributed by atoms with van der Waals surface area (Å²) in [6, 6.07) is 0. The van der Waals surface area contributed by atoms with Crippen LogP contribution in [0.2, 0.25) is 0 Å². The van der Waals surface area contributed by atoms with Crippen molar-refractivity contribution in [1.29, 1.82) is 0 Å². The van der Waals surface area contributed by atoms with Gasteiger partial charge in [-0.1, -0.05) is 0 Å². The highest BCUT2D eigenvalue weighted by atomic mass is 16.7. The smallest absolute Gasteiger partial charge is 0.256 e. The summed E-state index contributed by atoms with van der Waals surface area (Å²) in [6.45, 7) is 0. The molecule has 1 N–H and O–H groups in total. The predicted molar refractivity (Wildman–Crippen MR) is 45.1 cm³/mol. The third-order valence-electron chi connectivity index (χ3n) is 2.02. The SMILES string of the molecule is O=[N+]([O-])C1([N+](=O)[O-])N=CNC1([N+](=O)[O-])[N+](=O)[O-]. The average Bonchev–Trinajstić information content (AvgIpc) is 2.58. The van der Waals surface area contributed by atoms with Gasteiger partial charge >= 0.3 is 11.6 Å². The highest BCUT2D eigenvalue weighted by Gasteiger charge is 2.96. The fourth-order valence-electron chi connectivity index (χ4n) is 1.23. The van der Waals surface area contributed by atoms with E-state index in [1.807, 2.05) is 0 Å². The van der Waals surface area contributed by atoms with E-state index in [0.29, 0.717) is 0 Å². The lowest BCUT2D eigenvalue weighted by atomic mass is 10.2. The van der Waals surface area contributed by atoms with E-state index < -0.39 is 31.3 Å². The number of hydrogen-bond acceptors (Lipinski definition) is 10. The van der Waals surface area contributed by atoms with Crippen molar-refractivity contribution in [2.24, 2.45) is 4.99 Å². The Morgan fingerprint density at radius 1 is 0.882 bits per heavy atom. The van der Waals surface area contributed by atoms with E-state index in [9.17, 15) is 40.5 Å². The molecule has 17 heavy (non-hydrogen) atoms. The number of nitrogens with one attached hydrogen (secondary N) is 1. The first-order valence-electron chi connectivity index (χ1n) is 3.63. The van der Waals surface area contributed by atoms with Gasteiger partial charge in [0.05, 0.1) is 0 Å². The Balaban J connectivity index is 3.63. The molecule has 0 aromatic rings. The van der Waals surface area contributed by atoms with Crippen LogP contribution in [0.4, 0.5) is 0 Å². The zero-order valence-corrected chi connectivity index (χ0v) is 7.58. The van der Waals surface area contributed by atoms with Gasteiger partial charge in [-0.3, -0.25) is 40.5 Å². The Morgan fingerprint density at radius 2 is 1.29 bits per heavy atom. The first kappa shape index (κ1) is 12.1. The summed E-state index contributed by atoms with van der Waals surface area (Å²) >= 11 is 0. The minimum atomic E-state index is -3.94. The molecule has 0 amide bonds. The molecular weight excluding hydrogens is 248 g/mol. The van der Waals surface area contributed by atoms with Crippen LogP contribution in [0.15, 0.2) is 4.99 Å². The molecule has 0 saturated carbocycles. The van der Waals surface area contributed by atoms with Crippen molar-refractivity contribution in [2.75, 3.05) is 0 Å². The molecule has 14 heteroatoms. The maximum Gasteiger partial charge on any atom is 0.728 e. The van der Waals surface area contributed by atoms with Crippen LogP contribution in [-0.4, -0.2) is 37.6 Å². The zero-order chi connectivity index (χ0) is 13.4. The number of rotatable bonds is 4.